The summed E-state index contributed by atoms with van der Waals surface area (Å²) in [4.78, 5) is 0. The van der Waals surface area contributed by atoms with E-state index in [9.17, 15) is 0 Å². The van der Waals surface area contributed by atoms with Crippen LogP contribution in [0.4, 0.5) is 0 Å². The Labute approximate surface area is 93.5 Å². The van der Waals surface area contributed by atoms with Crippen molar-refractivity contribution >= 4 is 0 Å². The van der Waals surface area contributed by atoms with Gasteiger partial charge < -0.3 is 14.8 Å². The fourth-order valence-corrected chi connectivity index (χ4v) is 1.73. The summed E-state index contributed by atoms with van der Waals surface area (Å²) in [7, 11) is 0. The smallest absolute Gasteiger partial charge is 0.0495 e. The lowest BCUT2D eigenvalue weighted by Crippen LogP contribution is -2.25. The van der Waals surface area contributed by atoms with E-state index in [4.69, 9.17) is 9.47 Å². The van der Waals surface area contributed by atoms with E-state index in [1.165, 1.54) is 12.8 Å². The Bertz CT molecular complexity index is 145. The van der Waals surface area contributed by atoms with Gasteiger partial charge in [0.05, 0.1) is 0 Å². The van der Waals surface area contributed by atoms with Crippen LogP contribution in [-0.2, 0) is 9.47 Å². The first-order chi connectivity index (χ1) is 7.29. The molecule has 1 rings (SSSR count). The predicted octanol–water partition coefficient (Wildman–Crippen LogP) is 1.82. The van der Waals surface area contributed by atoms with E-state index in [-0.39, 0.29) is 0 Å². The summed E-state index contributed by atoms with van der Waals surface area (Å²) >= 11 is 0. The van der Waals surface area contributed by atoms with E-state index in [2.05, 4.69) is 19.2 Å². The third-order valence-corrected chi connectivity index (χ3v) is 2.71. The quantitative estimate of drug-likeness (QED) is 0.657. The Hall–Kier alpha value is -0.120. The molecule has 0 bridgehead atoms. The molecular formula is C12H25NO2. The van der Waals surface area contributed by atoms with Gasteiger partial charge in [-0.25, -0.2) is 0 Å². The number of hydrogen-bond donors (Lipinski definition) is 1. The fourth-order valence-electron chi connectivity index (χ4n) is 1.73. The molecule has 0 saturated carbocycles. The summed E-state index contributed by atoms with van der Waals surface area (Å²) in [6, 6.07) is 0.584. The summed E-state index contributed by atoms with van der Waals surface area (Å²) in [5.41, 5.74) is 0. The molecule has 0 aromatic carbocycles. The van der Waals surface area contributed by atoms with Crippen LogP contribution in [-0.4, -0.2) is 39.0 Å². The van der Waals surface area contributed by atoms with Crippen LogP contribution in [0, 0.1) is 5.92 Å². The molecule has 0 unspecified atom stereocenters. The molecule has 1 fully saturated rings. The first-order valence-electron chi connectivity index (χ1n) is 6.18. The van der Waals surface area contributed by atoms with E-state index < -0.39 is 0 Å². The summed E-state index contributed by atoms with van der Waals surface area (Å²) in [6.45, 7) is 9.05. The molecule has 3 nitrogen and oxygen atoms in total. The zero-order chi connectivity index (χ0) is 10.9. The van der Waals surface area contributed by atoms with E-state index >= 15 is 0 Å². The van der Waals surface area contributed by atoms with Gasteiger partial charge in [-0.3, -0.25) is 0 Å². The molecule has 0 aromatic rings. The predicted molar refractivity (Wildman–Crippen MR) is 62.1 cm³/mol. The van der Waals surface area contributed by atoms with Gasteiger partial charge in [-0.1, -0.05) is 13.8 Å². The summed E-state index contributed by atoms with van der Waals surface area (Å²) in [5.74, 6) is 0.733. The molecule has 0 aromatic heterocycles. The van der Waals surface area contributed by atoms with Crippen molar-refractivity contribution in [1.82, 2.24) is 5.32 Å². The highest BCUT2D eigenvalue weighted by atomic mass is 16.5. The molecule has 1 heterocycles. The van der Waals surface area contributed by atoms with Crippen LogP contribution in [0.3, 0.4) is 0 Å². The van der Waals surface area contributed by atoms with Crippen LogP contribution in [0.25, 0.3) is 0 Å². The van der Waals surface area contributed by atoms with Crippen molar-refractivity contribution in [2.24, 2.45) is 5.92 Å². The molecule has 3 heteroatoms. The topological polar surface area (TPSA) is 30.5 Å². The third kappa shape index (κ3) is 6.88. The second-order valence-electron chi connectivity index (χ2n) is 4.59. The van der Waals surface area contributed by atoms with Crippen molar-refractivity contribution in [3.8, 4) is 0 Å². The first kappa shape index (κ1) is 12.9. The van der Waals surface area contributed by atoms with Gasteiger partial charge in [0.25, 0.3) is 0 Å². The second kappa shape index (κ2) is 8.08. The van der Waals surface area contributed by atoms with E-state index in [0.717, 1.165) is 45.3 Å². The van der Waals surface area contributed by atoms with Crippen LogP contribution in [0.1, 0.15) is 33.1 Å². The minimum atomic E-state index is 0.584. The summed E-state index contributed by atoms with van der Waals surface area (Å²) in [6.07, 6.45) is 3.45. The molecule has 1 aliphatic rings. The second-order valence-corrected chi connectivity index (χ2v) is 4.59. The van der Waals surface area contributed by atoms with Gasteiger partial charge in [-0.05, 0) is 31.7 Å². The maximum atomic E-state index is 5.66. The van der Waals surface area contributed by atoms with Crippen molar-refractivity contribution in [3.05, 3.63) is 0 Å². The molecule has 0 radical (unpaired) electrons. The van der Waals surface area contributed by atoms with E-state index in [0.29, 0.717) is 6.04 Å². The Morgan fingerprint density at radius 2 is 2.07 bits per heavy atom. The Kier molecular flexibility index (Phi) is 6.98. The van der Waals surface area contributed by atoms with Crippen molar-refractivity contribution in [2.75, 3.05) is 33.0 Å². The number of nitrogens with one attached hydrogen (secondary N) is 1. The van der Waals surface area contributed by atoms with Crippen molar-refractivity contribution < 1.29 is 9.47 Å². The molecule has 90 valence electrons. The van der Waals surface area contributed by atoms with Crippen molar-refractivity contribution in [2.45, 2.75) is 39.2 Å². The summed E-state index contributed by atoms with van der Waals surface area (Å²) < 4.78 is 11.0. The van der Waals surface area contributed by atoms with Crippen molar-refractivity contribution in [3.63, 3.8) is 0 Å². The van der Waals surface area contributed by atoms with E-state index in [1.54, 1.807) is 0 Å². The van der Waals surface area contributed by atoms with Gasteiger partial charge in [0.2, 0.25) is 0 Å². The Morgan fingerprint density at radius 3 is 2.73 bits per heavy atom. The van der Waals surface area contributed by atoms with Crippen LogP contribution in [0.2, 0.25) is 0 Å². The fraction of sp³-hybridized carbons (Fsp3) is 1.00. The molecule has 0 aliphatic carbocycles. The molecule has 15 heavy (non-hydrogen) atoms. The standard InChI is InChI=1S/C12H25NO2/c1-11(2)13-6-3-7-15-10-12-4-8-14-9-5-12/h11-13H,3-10H2,1-2H3. The van der Waals surface area contributed by atoms with Crippen LogP contribution in [0.15, 0.2) is 0 Å². The van der Waals surface area contributed by atoms with Crippen molar-refractivity contribution in [1.29, 1.82) is 0 Å². The number of ether oxygens (including phenoxy) is 2. The molecule has 1 saturated heterocycles. The lowest BCUT2D eigenvalue weighted by atomic mass is 10.0. The molecule has 1 aliphatic heterocycles. The lowest BCUT2D eigenvalue weighted by molar-refractivity contribution is 0.0201. The van der Waals surface area contributed by atoms with Gasteiger partial charge in [0.1, 0.15) is 0 Å². The largest absolute Gasteiger partial charge is 0.381 e. The first-order valence-corrected chi connectivity index (χ1v) is 6.18. The normalized spacial score (nSPS) is 18.6. The minimum absolute atomic E-state index is 0.584. The SMILES string of the molecule is CC(C)NCCCOCC1CCOCC1. The minimum Gasteiger partial charge on any atom is -0.381 e. The number of hydrogen-bond acceptors (Lipinski definition) is 3. The molecule has 1 N–H and O–H groups in total. The van der Waals surface area contributed by atoms with Gasteiger partial charge >= 0.3 is 0 Å². The highest BCUT2D eigenvalue weighted by molar-refractivity contribution is 4.62. The molecule has 0 atom stereocenters. The van der Waals surface area contributed by atoms with E-state index in [1.807, 2.05) is 0 Å². The zero-order valence-corrected chi connectivity index (χ0v) is 10.1. The zero-order valence-electron chi connectivity index (χ0n) is 10.1. The molecule has 0 amide bonds. The molecule has 0 spiro atoms. The van der Waals surface area contributed by atoms with Crippen LogP contribution < -0.4 is 5.32 Å². The van der Waals surface area contributed by atoms with Gasteiger partial charge in [-0.15, -0.1) is 0 Å². The summed E-state index contributed by atoms with van der Waals surface area (Å²) in [5, 5.41) is 3.38. The van der Waals surface area contributed by atoms with Gasteiger partial charge in [0.15, 0.2) is 0 Å². The lowest BCUT2D eigenvalue weighted by Gasteiger charge is -2.21. The average molecular weight is 215 g/mol. The average Bonchev–Trinajstić information content (AvgIpc) is 2.24. The Balaban J connectivity index is 1.83. The highest BCUT2D eigenvalue weighted by Gasteiger charge is 2.13. The maximum Gasteiger partial charge on any atom is 0.0495 e. The Morgan fingerprint density at radius 1 is 1.33 bits per heavy atom. The van der Waals surface area contributed by atoms with Gasteiger partial charge in [-0.2, -0.15) is 0 Å². The third-order valence-electron chi connectivity index (χ3n) is 2.71. The van der Waals surface area contributed by atoms with Crippen LogP contribution in [0.5, 0.6) is 0 Å². The number of rotatable bonds is 7. The molecular weight excluding hydrogens is 190 g/mol. The maximum absolute atomic E-state index is 5.66. The monoisotopic (exact) mass is 215 g/mol. The van der Waals surface area contributed by atoms with Crippen LogP contribution >= 0.6 is 0 Å². The highest BCUT2D eigenvalue weighted by Crippen LogP contribution is 2.14. The van der Waals surface area contributed by atoms with Gasteiger partial charge in [0, 0.05) is 32.5 Å².